The summed E-state index contributed by atoms with van der Waals surface area (Å²) in [5.74, 6) is 0. The van der Waals surface area contributed by atoms with Crippen LogP contribution in [0.3, 0.4) is 0 Å². The predicted octanol–water partition coefficient (Wildman–Crippen LogP) is 5.79. The summed E-state index contributed by atoms with van der Waals surface area (Å²) in [5, 5.41) is 2.72. The molecule has 43 heavy (non-hydrogen) atoms. The average Bonchev–Trinajstić information content (AvgIpc) is 2.97. The van der Waals surface area contributed by atoms with Gasteiger partial charge in [0.1, 0.15) is 0 Å². The monoisotopic (exact) mass is 986 g/mol. The van der Waals surface area contributed by atoms with Crippen LogP contribution in [-0.2, 0) is 78.9 Å². The van der Waals surface area contributed by atoms with Crippen molar-refractivity contribution < 1.29 is 78.2 Å². The Bertz CT molecular complexity index is 1920. The van der Waals surface area contributed by atoms with Crippen LogP contribution in [0.2, 0.25) is 0 Å². The molecule has 0 aliphatic rings. The van der Waals surface area contributed by atoms with Crippen LogP contribution < -0.4 is 6.14 Å². The molecule has 2 N–H and O–H groups in total. The second-order valence-corrected chi connectivity index (χ2v) is 18.8. The molecular weight excluding hydrogens is 958 g/mol. The first-order valence-electron chi connectivity index (χ1n) is 13.1. The molecule has 6 aromatic carbocycles. The van der Waals surface area contributed by atoms with Crippen molar-refractivity contribution in [2.24, 2.45) is 0 Å². The van der Waals surface area contributed by atoms with E-state index in [1.807, 2.05) is 0 Å². The minimum absolute atomic E-state index is 0.111. The summed E-state index contributed by atoms with van der Waals surface area (Å²) >= 11 is 1.62. The van der Waals surface area contributed by atoms with Crippen molar-refractivity contribution in [3.8, 4) is 0 Å². The molecule has 210 valence electrons. The summed E-state index contributed by atoms with van der Waals surface area (Å²) in [6, 6.07) is 41.1. The van der Waals surface area contributed by atoms with E-state index in [2.05, 4.69) is 60.7 Å². The molecule has 10 heteroatoms. The molecule has 6 rings (SSSR count). The Labute approximate surface area is 284 Å². The van der Waals surface area contributed by atoms with Crippen molar-refractivity contribution >= 4 is 47.9 Å². The Hall–Kier alpha value is -2.47. The van der Waals surface area contributed by atoms with E-state index in [1.54, 1.807) is 60.7 Å². The van der Waals surface area contributed by atoms with Crippen molar-refractivity contribution in [2.45, 2.75) is 16.2 Å². The van der Waals surface area contributed by atoms with E-state index >= 15 is 0 Å². The molecule has 0 saturated carbocycles. The second-order valence-electron chi connectivity index (χ2n) is 9.71. The fourth-order valence-electron chi connectivity index (χ4n) is 4.45. The molecule has 6 aromatic rings. The van der Waals surface area contributed by atoms with Gasteiger partial charge < -0.3 is 0 Å². The Kier molecular flexibility index (Phi) is 11.7. The standard InChI is InChI=1S/C21H16O6S2.2C6H5.2Hg/c22-28(23,24)20-12-16-7-3-1-5-14(16)9-18(20)11-19-10-15-6-2-4-8-17(15)13-21(19)29(25,26)27;2*1-2-4-6-5-3-1;;/h1-10,12-13H,11H2,(H,22,23,24)(H,25,26,27);2*1-5H;;. The predicted molar refractivity (Wildman–Crippen MR) is 162 cm³/mol. The molecule has 0 fully saturated rings. The van der Waals surface area contributed by atoms with Crippen molar-refractivity contribution in [1.82, 2.24) is 0 Å². The van der Waals surface area contributed by atoms with E-state index in [4.69, 9.17) is 0 Å². The molecule has 0 amide bonds. The molecule has 6 nitrogen and oxygen atoms in total. The van der Waals surface area contributed by atoms with Gasteiger partial charge >= 0.3 is 119 Å². The van der Waals surface area contributed by atoms with Gasteiger partial charge in [-0.05, 0) is 56.9 Å². The maximum absolute atomic E-state index is 12.0. The molecule has 0 aromatic heterocycles. The van der Waals surface area contributed by atoms with E-state index < -0.39 is 20.2 Å². The van der Waals surface area contributed by atoms with Gasteiger partial charge in [0, 0.05) is 6.42 Å². The van der Waals surface area contributed by atoms with Crippen LogP contribution in [0.4, 0.5) is 0 Å². The van der Waals surface area contributed by atoms with Crippen LogP contribution in [-0.4, -0.2) is 25.9 Å². The number of benzene rings is 6. The summed E-state index contributed by atoms with van der Waals surface area (Å²) in [6.45, 7) is 0. The first-order valence-corrected chi connectivity index (χ1v) is 21.5. The van der Waals surface area contributed by atoms with Gasteiger partial charge in [-0.2, -0.15) is 16.8 Å². The van der Waals surface area contributed by atoms with Gasteiger partial charge in [-0.15, -0.1) is 0 Å². The summed E-state index contributed by atoms with van der Waals surface area (Å²) in [5.41, 5.74) is 0.456. The van der Waals surface area contributed by atoms with Gasteiger partial charge in [0.25, 0.3) is 20.2 Å². The van der Waals surface area contributed by atoms with E-state index in [1.165, 1.54) is 18.3 Å². The van der Waals surface area contributed by atoms with Crippen LogP contribution >= 0.6 is 0 Å². The van der Waals surface area contributed by atoms with E-state index in [0.717, 1.165) is 63.0 Å². The first-order chi connectivity index (χ1) is 20.4. The van der Waals surface area contributed by atoms with Gasteiger partial charge in [0.05, 0.1) is 9.79 Å². The molecule has 0 bridgehead atoms. The van der Waals surface area contributed by atoms with E-state index in [9.17, 15) is 25.9 Å². The Morgan fingerprint density at radius 1 is 0.442 bits per heavy atom. The number of rotatable bonds is 4. The third-order valence-electron chi connectivity index (χ3n) is 6.48. The molecule has 0 unspecified atom stereocenters. The van der Waals surface area contributed by atoms with Gasteiger partial charge in [0.15, 0.2) is 0 Å². The summed E-state index contributed by atoms with van der Waals surface area (Å²) in [7, 11) is -9.10. The normalized spacial score (nSPS) is 11.3. The van der Waals surface area contributed by atoms with Crippen LogP contribution in [0.1, 0.15) is 11.1 Å². The molecule has 0 aliphatic heterocycles. The first kappa shape index (κ1) is 33.4. The third-order valence-corrected chi connectivity index (χ3v) is 12.0. The zero-order valence-electron chi connectivity index (χ0n) is 23.2. The van der Waals surface area contributed by atoms with Crippen LogP contribution in [0.15, 0.2) is 143 Å². The second kappa shape index (κ2) is 15.0. The van der Waals surface area contributed by atoms with Crippen molar-refractivity contribution in [3.63, 3.8) is 0 Å². The van der Waals surface area contributed by atoms with Crippen LogP contribution in [0.25, 0.3) is 21.5 Å². The zero-order chi connectivity index (χ0) is 31.0. The zero-order valence-corrected chi connectivity index (χ0v) is 35.8. The van der Waals surface area contributed by atoms with Crippen molar-refractivity contribution in [3.05, 3.63) is 145 Å². The SMILES string of the molecule is O=S(=O)(O)c1cc2ccccc2cc1Cc1cc2ccccc2cc1S(=O)(=O)O.[Hg][c]1ccccc1.[Hg][c]1ccccc1. The molecule has 0 atom stereocenters. The molecule has 0 aliphatic carbocycles. The van der Waals surface area contributed by atoms with Crippen LogP contribution in [0, 0.1) is 0 Å². The summed E-state index contributed by atoms with van der Waals surface area (Å²) < 4.78 is 70.3. The topological polar surface area (TPSA) is 109 Å². The van der Waals surface area contributed by atoms with E-state index in [0.29, 0.717) is 10.8 Å². The van der Waals surface area contributed by atoms with Gasteiger partial charge in [-0.25, -0.2) is 0 Å². The van der Waals surface area contributed by atoms with Gasteiger partial charge in [0.2, 0.25) is 0 Å². The quantitative estimate of drug-likeness (QED) is 0.171. The number of hydrogen-bond acceptors (Lipinski definition) is 4. The maximum atomic E-state index is 12.0. The van der Waals surface area contributed by atoms with Gasteiger partial charge in [-0.3, -0.25) is 9.11 Å². The van der Waals surface area contributed by atoms with E-state index in [-0.39, 0.29) is 27.3 Å². The summed E-state index contributed by atoms with van der Waals surface area (Å²) in [6.07, 6.45) is -0.111. The molecule has 0 saturated heterocycles. The van der Waals surface area contributed by atoms with Crippen molar-refractivity contribution in [1.29, 1.82) is 0 Å². The summed E-state index contributed by atoms with van der Waals surface area (Å²) in [4.78, 5) is -0.601. The number of fused-ring (bicyclic) bond motifs is 2. The molecule has 0 radical (unpaired) electrons. The van der Waals surface area contributed by atoms with Gasteiger partial charge in [-0.1, -0.05) is 48.5 Å². The van der Waals surface area contributed by atoms with Crippen LogP contribution in [0.5, 0.6) is 0 Å². The molecular formula is C33H26Hg2O6S2. The average molecular weight is 984 g/mol. The van der Waals surface area contributed by atoms with Crippen molar-refractivity contribution in [2.75, 3.05) is 0 Å². The fourth-order valence-corrected chi connectivity index (χ4v) is 8.04. The Morgan fingerprint density at radius 3 is 0.977 bits per heavy atom. The third kappa shape index (κ3) is 9.76. The fraction of sp³-hybridized carbons (Fsp3) is 0.0303. The minimum atomic E-state index is -4.55. The molecule has 0 spiro atoms. The Morgan fingerprint density at radius 2 is 0.721 bits per heavy atom. The molecule has 0 heterocycles. The number of hydrogen-bond donors (Lipinski definition) is 2. The Balaban J connectivity index is 0.000000246.